The van der Waals surface area contributed by atoms with Gasteiger partial charge in [-0.1, -0.05) is 0 Å². The van der Waals surface area contributed by atoms with E-state index in [1.54, 1.807) is 6.92 Å². The summed E-state index contributed by atoms with van der Waals surface area (Å²) in [6.45, 7) is 2.22. The number of nitrogens with one attached hydrogen (secondary N) is 1. The lowest BCUT2D eigenvalue weighted by molar-refractivity contribution is 0.0904. The van der Waals surface area contributed by atoms with E-state index in [9.17, 15) is 4.79 Å². The van der Waals surface area contributed by atoms with E-state index in [-0.39, 0.29) is 42.5 Å². The molecule has 3 N–H and O–H groups in total. The van der Waals surface area contributed by atoms with E-state index in [1.807, 2.05) is 0 Å². The smallest absolute Gasteiger partial charge is 0.289 e. The lowest BCUT2D eigenvalue weighted by atomic mass is 10.2. The summed E-state index contributed by atoms with van der Waals surface area (Å²) in [5.41, 5.74) is 6.20. The number of halogens is 2. The molecule has 2 rings (SSSR count). The molecule has 1 fully saturated rings. The molecule has 1 aliphatic rings. The summed E-state index contributed by atoms with van der Waals surface area (Å²) in [4.78, 5) is 15.6. The van der Waals surface area contributed by atoms with Crippen molar-refractivity contribution < 1.29 is 9.21 Å². The van der Waals surface area contributed by atoms with Crippen molar-refractivity contribution >= 4 is 30.7 Å². The number of aryl methyl sites for hydroxylation is 1. The molecule has 1 aliphatic carbocycles. The number of nitrogens with two attached hydrogens (primary N) is 1. The maximum absolute atomic E-state index is 11.7. The van der Waals surface area contributed by atoms with Crippen molar-refractivity contribution in [2.45, 2.75) is 25.8 Å². The summed E-state index contributed by atoms with van der Waals surface area (Å²) in [6.07, 6.45) is 3.58. The Bertz CT molecular complexity index is 366. The molecule has 0 bridgehead atoms. The number of amides is 1. The van der Waals surface area contributed by atoms with Crippen LogP contribution >= 0.6 is 24.8 Å². The third kappa shape index (κ3) is 3.87. The van der Waals surface area contributed by atoms with Gasteiger partial charge < -0.3 is 15.5 Å². The van der Waals surface area contributed by atoms with Gasteiger partial charge >= 0.3 is 0 Å². The van der Waals surface area contributed by atoms with Crippen molar-refractivity contribution in [2.24, 2.45) is 11.7 Å². The van der Waals surface area contributed by atoms with Gasteiger partial charge in [-0.2, -0.15) is 0 Å². The standard InChI is InChI=1S/C10H15N3O2.2ClH/c1-6-9(15-5-12-6)10(14)13-8(4-11)7-2-3-7;;/h5,7-8H,2-4,11H2,1H3,(H,13,14);2*1H. The van der Waals surface area contributed by atoms with Gasteiger partial charge in [0, 0.05) is 12.6 Å². The lowest BCUT2D eigenvalue weighted by Gasteiger charge is -2.14. The van der Waals surface area contributed by atoms with Gasteiger partial charge in [0.15, 0.2) is 6.39 Å². The fourth-order valence-electron chi connectivity index (χ4n) is 1.62. The third-order valence-corrected chi connectivity index (χ3v) is 2.71. The number of oxazole rings is 1. The fraction of sp³-hybridized carbons (Fsp3) is 0.600. The highest BCUT2D eigenvalue weighted by Crippen LogP contribution is 2.32. The van der Waals surface area contributed by atoms with Crippen molar-refractivity contribution in [3.8, 4) is 0 Å². The highest BCUT2D eigenvalue weighted by molar-refractivity contribution is 5.92. The zero-order valence-electron chi connectivity index (χ0n) is 9.51. The maximum Gasteiger partial charge on any atom is 0.289 e. The van der Waals surface area contributed by atoms with Gasteiger partial charge in [-0.25, -0.2) is 4.98 Å². The minimum Gasteiger partial charge on any atom is -0.438 e. The quantitative estimate of drug-likeness (QED) is 0.872. The first-order chi connectivity index (χ1) is 7.22. The van der Waals surface area contributed by atoms with Gasteiger partial charge in [-0.3, -0.25) is 4.79 Å². The van der Waals surface area contributed by atoms with Crippen molar-refractivity contribution in [1.82, 2.24) is 10.3 Å². The second kappa shape index (κ2) is 6.83. The zero-order valence-corrected chi connectivity index (χ0v) is 11.1. The van der Waals surface area contributed by atoms with Crippen LogP contribution in [0.15, 0.2) is 10.8 Å². The highest BCUT2D eigenvalue weighted by atomic mass is 35.5. The topological polar surface area (TPSA) is 81.2 Å². The van der Waals surface area contributed by atoms with E-state index >= 15 is 0 Å². The number of aromatic nitrogens is 1. The summed E-state index contributed by atoms with van der Waals surface area (Å²) in [6, 6.07) is 0.0713. The second-order valence-corrected chi connectivity index (χ2v) is 3.92. The zero-order chi connectivity index (χ0) is 10.8. The molecule has 1 saturated carbocycles. The Morgan fingerprint density at radius 1 is 1.65 bits per heavy atom. The molecule has 1 unspecified atom stereocenters. The number of carbonyl (C=O) groups excluding carboxylic acids is 1. The van der Waals surface area contributed by atoms with Crippen LogP contribution in [0.2, 0.25) is 0 Å². The molecule has 1 aromatic heterocycles. The summed E-state index contributed by atoms with van der Waals surface area (Å²) in [5.74, 6) is 0.614. The van der Waals surface area contributed by atoms with E-state index in [0.717, 1.165) is 12.8 Å². The van der Waals surface area contributed by atoms with Crippen LogP contribution in [0.25, 0.3) is 0 Å². The van der Waals surface area contributed by atoms with E-state index in [2.05, 4.69) is 10.3 Å². The molecular weight excluding hydrogens is 265 g/mol. The number of rotatable bonds is 4. The molecule has 1 atom stereocenters. The largest absolute Gasteiger partial charge is 0.438 e. The SMILES string of the molecule is Cc1ncoc1C(=O)NC(CN)C1CC1.Cl.Cl. The Morgan fingerprint density at radius 2 is 2.29 bits per heavy atom. The molecule has 7 heteroatoms. The summed E-state index contributed by atoms with van der Waals surface area (Å²) >= 11 is 0. The van der Waals surface area contributed by atoms with Gasteiger partial charge in [0.05, 0.1) is 5.69 Å². The van der Waals surface area contributed by atoms with Gasteiger partial charge in [0.25, 0.3) is 5.91 Å². The average Bonchev–Trinajstić information content (AvgIpc) is 2.97. The van der Waals surface area contributed by atoms with Crippen molar-refractivity contribution in [3.05, 3.63) is 17.8 Å². The van der Waals surface area contributed by atoms with Gasteiger partial charge in [-0.05, 0) is 25.7 Å². The van der Waals surface area contributed by atoms with E-state index in [4.69, 9.17) is 10.2 Å². The molecule has 17 heavy (non-hydrogen) atoms. The monoisotopic (exact) mass is 281 g/mol. The summed E-state index contributed by atoms with van der Waals surface area (Å²) in [5, 5.41) is 2.87. The molecule has 1 amide bonds. The number of hydrogen-bond acceptors (Lipinski definition) is 4. The Labute approximate surface area is 112 Å². The van der Waals surface area contributed by atoms with Gasteiger partial charge in [0.1, 0.15) is 0 Å². The first-order valence-corrected chi connectivity index (χ1v) is 5.13. The van der Waals surface area contributed by atoms with Crippen LogP contribution in [0.1, 0.15) is 29.1 Å². The molecule has 5 nitrogen and oxygen atoms in total. The number of nitrogens with zero attached hydrogens (tertiary/aromatic N) is 1. The first-order valence-electron chi connectivity index (χ1n) is 5.13. The minimum absolute atomic E-state index is 0. The van der Waals surface area contributed by atoms with Crippen LogP contribution in [0, 0.1) is 12.8 Å². The fourth-order valence-corrected chi connectivity index (χ4v) is 1.62. The first kappa shape index (κ1) is 16.2. The molecule has 0 aromatic carbocycles. The predicted octanol–water partition coefficient (Wildman–Crippen LogP) is 1.29. The number of carbonyl (C=O) groups is 1. The van der Waals surface area contributed by atoms with Crippen LogP contribution in [0.5, 0.6) is 0 Å². The normalized spacial score (nSPS) is 15.4. The highest BCUT2D eigenvalue weighted by Gasteiger charge is 2.32. The summed E-state index contributed by atoms with van der Waals surface area (Å²) in [7, 11) is 0. The minimum atomic E-state index is -0.215. The maximum atomic E-state index is 11.7. The predicted molar refractivity (Wildman–Crippen MR) is 68.8 cm³/mol. The average molecular weight is 282 g/mol. The van der Waals surface area contributed by atoms with Crippen molar-refractivity contribution in [3.63, 3.8) is 0 Å². The lowest BCUT2D eigenvalue weighted by Crippen LogP contribution is -2.41. The van der Waals surface area contributed by atoms with E-state index in [1.165, 1.54) is 6.39 Å². The Kier molecular flexibility index (Phi) is 6.52. The van der Waals surface area contributed by atoms with E-state index < -0.39 is 0 Å². The van der Waals surface area contributed by atoms with Crippen molar-refractivity contribution in [2.75, 3.05) is 6.54 Å². The Hall–Kier alpha value is -0.780. The number of hydrogen-bond donors (Lipinski definition) is 2. The van der Waals surface area contributed by atoms with Crippen molar-refractivity contribution in [1.29, 1.82) is 0 Å². The van der Waals surface area contributed by atoms with Gasteiger partial charge in [0.2, 0.25) is 5.76 Å². The third-order valence-electron chi connectivity index (χ3n) is 2.71. The molecule has 1 heterocycles. The molecule has 0 aliphatic heterocycles. The van der Waals surface area contributed by atoms with Crippen LogP contribution in [-0.2, 0) is 0 Å². The molecule has 0 saturated heterocycles. The second-order valence-electron chi connectivity index (χ2n) is 3.92. The van der Waals surface area contributed by atoms with Crippen LogP contribution < -0.4 is 11.1 Å². The molecule has 98 valence electrons. The van der Waals surface area contributed by atoms with Crippen LogP contribution in [0.4, 0.5) is 0 Å². The van der Waals surface area contributed by atoms with Gasteiger partial charge in [-0.15, -0.1) is 24.8 Å². The Balaban J connectivity index is 0.00000128. The molecule has 1 aromatic rings. The van der Waals surface area contributed by atoms with E-state index in [0.29, 0.717) is 18.2 Å². The van der Waals surface area contributed by atoms with Crippen LogP contribution in [-0.4, -0.2) is 23.5 Å². The summed E-state index contributed by atoms with van der Waals surface area (Å²) < 4.78 is 5.01. The Morgan fingerprint density at radius 3 is 2.71 bits per heavy atom. The molecule has 0 radical (unpaired) electrons. The van der Waals surface area contributed by atoms with Crippen LogP contribution in [0.3, 0.4) is 0 Å². The molecular formula is C10H17Cl2N3O2. The molecule has 0 spiro atoms.